The first-order chi connectivity index (χ1) is 11.8. The third-order valence-electron chi connectivity index (χ3n) is 3.42. The summed E-state index contributed by atoms with van der Waals surface area (Å²) in [6, 6.07) is 18.5. The van der Waals surface area contributed by atoms with E-state index in [9.17, 15) is 4.79 Å². The van der Waals surface area contributed by atoms with E-state index in [4.69, 9.17) is 9.47 Å². The number of rotatable bonds is 6. The van der Waals surface area contributed by atoms with Gasteiger partial charge in [-0.05, 0) is 47.8 Å². The molecule has 0 aliphatic heterocycles. The first-order valence-corrected chi connectivity index (χ1v) is 8.34. The number of hydrogen-bond donors (Lipinski definition) is 1. The molecule has 24 heavy (non-hydrogen) atoms. The second-order valence-corrected chi connectivity index (χ2v) is 6.08. The number of amides is 1. The standard InChI is InChI=1S/C19H17NO3S/c1-22-18-7-3-2-6-17(18)19(21)20-14-8-10-15(11-9-14)23-13-16-5-4-12-24-16/h2-12H,13H2,1H3,(H,20,21). The predicted octanol–water partition coefficient (Wildman–Crippen LogP) is 4.59. The molecule has 2 aromatic carbocycles. The van der Waals surface area contributed by atoms with Crippen LogP contribution in [-0.2, 0) is 6.61 Å². The van der Waals surface area contributed by atoms with Crippen molar-refractivity contribution in [2.45, 2.75) is 6.61 Å². The summed E-state index contributed by atoms with van der Waals surface area (Å²) in [7, 11) is 1.55. The average molecular weight is 339 g/mol. The molecule has 0 bridgehead atoms. The molecule has 0 radical (unpaired) electrons. The molecule has 1 amide bonds. The summed E-state index contributed by atoms with van der Waals surface area (Å²) < 4.78 is 10.9. The van der Waals surface area contributed by atoms with Crippen molar-refractivity contribution in [2.24, 2.45) is 0 Å². The summed E-state index contributed by atoms with van der Waals surface area (Å²) in [5, 5.41) is 4.88. The molecule has 122 valence electrons. The fourth-order valence-corrected chi connectivity index (χ4v) is 2.83. The number of ether oxygens (including phenoxy) is 2. The van der Waals surface area contributed by atoms with Gasteiger partial charge in [0, 0.05) is 10.6 Å². The molecule has 1 heterocycles. The molecule has 0 saturated carbocycles. The van der Waals surface area contributed by atoms with E-state index in [-0.39, 0.29) is 5.91 Å². The van der Waals surface area contributed by atoms with Crippen LogP contribution in [0.2, 0.25) is 0 Å². The van der Waals surface area contributed by atoms with Crippen molar-refractivity contribution >= 4 is 22.9 Å². The van der Waals surface area contributed by atoms with Crippen LogP contribution >= 0.6 is 11.3 Å². The highest BCUT2D eigenvalue weighted by atomic mass is 32.1. The van der Waals surface area contributed by atoms with E-state index in [2.05, 4.69) is 5.32 Å². The lowest BCUT2D eigenvalue weighted by Gasteiger charge is -2.10. The van der Waals surface area contributed by atoms with E-state index in [1.165, 1.54) is 4.88 Å². The largest absolute Gasteiger partial charge is 0.496 e. The lowest BCUT2D eigenvalue weighted by Crippen LogP contribution is -2.13. The van der Waals surface area contributed by atoms with Crippen LogP contribution in [0.3, 0.4) is 0 Å². The number of carbonyl (C=O) groups is 1. The van der Waals surface area contributed by atoms with E-state index in [1.54, 1.807) is 36.6 Å². The van der Waals surface area contributed by atoms with Gasteiger partial charge in [0.2, 0.25) is 0 Å². The van der Waals surface area contributed by atoms with Gasteiger partial charge < -0.3 is 14.8 Å². The molecular formula is C19H17NO3S. The molecule has 0 aliphatic carbocycles. The molecule has 1 N–H and O–H groups in total. The van der Waals surface area contributed by atoms with Crippen LogP contribution in [0.15, 0.2) is 66.0 Å². The second kappa shape index (κ2) is 7.66. The van der Waals surface area contributed by atoms with Crippen molar-refractivity contribution in [3.63, 3.8) is 0 Å². The molecule has 0 saturated heterocycles. The summed E-state index contributed by atoms with van der Waals surface area (Å²) in [6.45, 7) is 0.546. The molecule has 0 atom stereocenters. The zero-order valence-electron chi connectivity index (χ0n) is 13.2. The van der Waals surface area contributed by atoms with E-state index >= 15 is 0 Å². The minimum absolute atomic E-state index is 0.209. The topological polar surface area (TPSA) is 47.6 Å². The number of nitrogens with one attached hydrogen (secondary N) is 1. The molecule has 0 fully saturated rings. The van der Waals surface area contributed by atoms with Crippen LogP contribution in [0.4, 0.5) is 5.69 Å². The highest BCUT2D eigenvalue weighted by molar-refractivity contribution is 7.09. The highest BCUT2D eigenvalue weighted by Gasteiger charge is 2.11. The summed E-state index contributed by atoms with van der Waals surface area (Å²) in [4.78, 5) is 13.5. The third kappa shape index (κ3) is 3.94. The monoisotopic (exact) mass is 339 g/mol. The lowest BCUT2D eigenvalue weighted by molar-refractivity contribution is 0.102. The quantitative estimate of drug-likeness (QED) is 0.714. The third-order valence-corrected chi connectivity index (χ3v) is 4.27. The molecule has 0 spiro atoms. The molecule has 0 unspecified atom stereocenters. The van der Waals surface area contributed by atoms with Crippen LogP contribution < -0.4 is 14.8 Å². The first kappa shape index (κ1) is 16.1. The number of hydrogen-bond acceptors (Lipinski definition) is 4. The van der Waals surface area contributed by atoms with E-state index in [0.717, 1.165) is 5.75 Å². The Morgan fingerprint density at radius 2 is 1.83 bits per heavy atom. The van der Waals surface area contributed by atoms with Crippen molar-refractivity contribution < 1.29 is 14.3 Å². The van der Waals surface area contributed by atoms with Crippen LogP contribution in [-0.4, -0.2) is 13.0 Å². The van der Waals surface area contributed by atoms with Gasteiger partial charge in [0.25, 0.3) is 5.91 Å². The Labute approximate surface area is 144 Å². The summed E-state index contributed by atoms with van der Waals surface area (Å²) in [5.41, 5.74) is 1.20. The number of para-hydroxylation sites is 1. The fraction of sp³-hybridized carbons (Fsp3) is 0.105. The first-order valence-electron chi connectivity index (χ1n) is 7.46. The maximum atomic E-state index is 12.3. The lowest BCUT2D eigenvalue weighted by atomic mass is 10.2. The van der Waals surface area contributed by atoms with Crippen LogP contribution in [0.25, 0.3) is 0 Å². The summed E-state index contributed by atoms with van der Waals surface area (Å²) >= 11 is 1.66. The number of methoxy groups -OCH3 is 1. The van der Waals surface area contributed by atoms with Gasteiger partial charge in [0.15, 0.2) is 0 Å². The zero-order chi connectivity index (χ0) is 16.8. The average Bonchev–Trinajstić information content (AvgIpc) is 3.14. The van der Waals surface area contributed by atoms with Crippen molar-refractivity contribution in [2.75, 3.05) is 12.4 Å². The van der Waals surface area contributed by atoms with Crippen molar-refractivity contribution in [1.82, 2.24) is 0 Å². The Morgan fingerprint density at radius 3 is 2.54 bits per heavy atom. The van der Waals surface area contributed by atoms with Gasteiger partial charge in [-0.2, -0.15) is 0 Å². The van der Waals surface area contributed by atoms with Gasteiger partial charge in [0.05, 0.1) is 12.7 Å². The Hall–Kier alpha value is -2.79. The molecule has 3 aromatic rings. The molecule has 5 heteroatoms. The van der Waals surface area contributed by atoms with Gasteiger partial charge in [-0.1, -0.05) is 18.2 Å². The maximum absolute atomic E-state index is 12.3. The van der Waals surface area contributed by atoms with Crippen molar-refractivity contribution in [1.29, 1.82) is 0 Å². The Bertz CT molecular complexity index is 798. The number of carbonyl (C=O) groups excluding carboxylic acids is 1. The number of thiophene rings is 1. The Balaban J connectivity index is 1.62. The normalized spacial score (nSPS) is 10.2. The maximum Gasteiger partial charge on any atom is 0.259 e. The molecule has 0 aliphatic rings. The van der Waals surface area contributed by atoms with Crippen molar-refractivity contribution in [3.05, 3.63) is 76.5 Å². The number of benzene rings is 2. The van der Waals surface area contributed by atoms with E-state index < -0.39 is 0 Å². The summed E-state index contributed by atoms with van der Waals surface area (Å²) in [6.07, 6.45) is 0. The van der Waals surface area contributed by atoms with Gasteiger partial charge in [-0.25, -0.2) is 0 Å². The molecular weight excluding hydrogens is 322 g/mol. The molecule has 3 rings (SSSR count). The molecule has 4 nitrogen and oxygen atoms in total. The van der Waals surface area contributed by atoms with Crippen LogP contribution in [0.1, 0.15) is 15.2 Å². The Kier molecular flexibility index (Phi) is 5.13. The van der Waals surface area contributed by atoms with E-state index in [1.807, 2.05) is 47.8 Å². The van der Waals surface area contributed by atoms with Gasteiger partial charge in [0.1, 0.15) is 18.1 Å². The molecule has 1 aromatic heterocycles. The Morgan fingerprint density at radius 1 is 1.04 bits per heavy atom. The summed E-state index contributed by atoms with van der Waals surface area (Å²) in [5.74, 6) is 1.10. The van der Waals surface area contributed by atoms with Gasteiger partial charge in [-0.15, -0.1) is 11.3 Å². The minimum atomic E-state index is -0.209. The van der Waals surface area contributed by atoms with Gasteiger partial charge >= 0.3 is 0 Å². The SMILES string of the molecule is COc1ccccc1C(=O)Nc1ccc(OCc2cccs2)cc1. The predicted molar refractivity (Wildman–Crippen MR) is 96.0 cm³/mol. The minimum Gasteiger partial charge on any atom is -0.496 e. The van der Waals surface area contributed by atoms with Crippen molar-refractivity contribution in [3.8, 4) is 11.5 Å². The van der Waals surface area contributed by atoms with Crippen LogP contribution in [0.5, 0.6) is 11.5 Å². The van der Waals surface area contributed by atoms with Gasteiger partial charge in [-0.3, -0.25) is 4.79 Å². The number of anilines is 1. The zero-order valence-corrected chi connectivity index (χ0v) is 14.0. The smallest absolute Gasteiger partial charge is 0.259 e. The fourth-order valence-electron chi connectivity index (χ4n) is 2.21. The van der Waals surface area contributed by atoms with E-state index in [0.29, 0.717) is 23.6 Å². The highest BCUT2D eigenvalue weighted by Crippen LogP contribution is 2.21. The second-order valence-electron chi connectivity index (χ2n) is 5.05. The van der Waals surface area contributed by atoms with Crippen LogP contribution in [0, 0.1) is 0 Å².